The van der Waals surface area contributed by atoms with Crippen LogP contribution in [-0.2, 0) is 60.8 Å². The largest absolute Gasteiger partial charge is 0.368 e. The lowest BCUT2D eigenvalue weighted by Gasteiger charge is -2.25. The Morgan fingerprint density at radius 1 is 0.754 bits per heavy atom. The summed E-state index contributed by atoms with van der Waals surface area (Å²) in [5.41, 5.74) is 6.18. The maximum absolute atomic E-state index is 14.0. The molecule has 22 heteroatoms. The average Bonchev–Trinajstić information content (AvgIpc) is 3.69. The number of aromatic nitrogens is 2. The maximum atomic E-state index is 14.0. The standard InChI is InChI=1S/C35H48N12O10/c1-20(48)40-17-30(52)45-24-10-12-39-29(51)8-7-28(50)38-11-9-23(32(54)41-16-27(36)49)44-31(53)18-42-33(55)25(13-21-5-3-2-4-6-21)46-35(57)26(47-34(24)56)14-22-15-37-19-43-22/h2-6,15,19,23-26H,7-14,16-18H2,1H3,(H2,36,49)(H,37,43)(H,38,50)(H,39,51)(H,40,48)(H,41,54)(H,42,55)(H,44,53)(H,45,52)(H,46,57)(H,47,56)/t23-,24-,25+,26-/m0/s1. The Morgan fingerprint density at radius 2 is 1.40 bits per heavy atom. The van der Waals surface area contributed by atoms with Gasteiger partial charge in [0.1, 0.15) is 24.2 Å². The highest BCUT2D eigenvalue weighted by molar-refractivity contribution is 5.96. The number of nitrogens with two attached hydrogens (primary N) is 1. The molecule has 308 valence electrons. The van der Waals surface area contributed by atoms with Gasteiger partial charge in [-0.3, -0.25) is 47.9 Å². The van der Waals surface area contributed by atoms with Crippen molar-refractivity contribution in [2.45, 2.75) is 69.6 Å². The van der Waals surface area contributed by atoms with Gasteiger partial charge in [0, 0.05) is 57.6 Å². The first-order valence-corrected chi connectivity index (χ1v) is 18.0. The third-order valence-electron chi connectivity index (χ3n) is 8.28. The minimum absolute atomic E-state index is 0.0515. The quantitative estimate of drug-likeness (QED) is 0.108. The number of hydrogen-bond donors (Lipinski definition) is 11. The van der Waals surface area contributed by atoms with E-state index in [0.29, 0.717) is 11.3 Å². The van der Waals surface area contributed by atoms with E-state index >= 15 is 0 Å². The molecule has 22 nitrogen and oxygen atoms in total. The average molecular weight is 797 g/mol. The Bertz CT molecular complexity index is 1760. The van der Waals surface area contributed by atoms with Crippen LogP contribution in [0.15, 0.2) is 42.9 Å². The van der Waals surface area contributed by atoms with Crippen LogP contribution in [0.2, 0.25) is 0 Å². The summed E-state index contributed by atoms with van der Waals surface area (Å²) in [5, 5.41) is 22.3. The lowest BCUT2D eigenvalue weighted by molar-refractivity contribution is -0.134. The Morgan fingerprint density at radius 3 is 2.04 bits per heavy atom. The predicted molar refractivity (Wildman–Crippen MR) is 199 cm³/mol. The molecule has 1 aromatic heterocycles. The summed E-state index contributed by atoms with van der Waals surface area (Å²) >= 11 is 0. The van der Waals surface area contributed by atoms with E-state index in [1.807, 2.05) is 0 Å². The number of rotatable bonds is 10. The number of benzene rings is 1. The number of carbonyl (C=O) groups excluding carboxylic acids is 10. The second kappa shape index (κ2) is 23.1. The smallest absolute Gasteiger partial charge is 0.243 e. The van der Waals surface area contributed by atoms with Gasteiger partial charge in [-0.1, -0.05) is 30.3 Å². The molecule has 1 saturated heterocycles. The molecular weight excluding hydrogens is 748 g/mol. The van der Waals surface area contributed by atoms with E-state index in [2.05, 4.69) is 57.8 Å². The molecule has 0 aliphatic carbocycles. The topological polar surface area (TPSA) is 334 Å². The van der Waals surface area contributed by atoms with E-state index in [4.69, 9.17) is 5.73 Å². The Hall–Kier alpha value is -6.87. The Labute approximate surface area is 326 Å². The van der Waals surface area contributed by atoms with Crippen LogP contribution in [-0.4, -0.2) is 126 Å². The molecule has 3 rings (SSSR count). The summed E-state index contributed by atoms with van der Waals surface area (Å²) in [6.07, 6.45) is 1.71. The Balaban J connectivity index is 1.93. The summed E-state index contributed by atoms with van der Waals surface area (Å²) in [6, 6.07) is 3.33. The van der Waals surface area contributed by atoms with Crippen molar-refractivity contribution in [2.75, 3.05) is 32.7 Å². The van der Waals surface area contributed by atoms with Crippen molar-refractivity contribution in [2.24, 2.45) is 5.73 Å². The molecule has 1 aliphatic heterocycles. The zero-order chi connectivity index (χ0) is 41.7. The monoisotopic (exact) mass is 796 g/mol. The first kappa shape index (κ1) is 44.5. The minimum Gasteiger partial charge on any atom is -0.368 e. The van der Waals surface area contributed by atoms with Crippen LogP contribution < -0.4 is 53.6 Å². The van der Waals surface area contributed by atoms with Gasteiger partial charge in [0.25, 0.3) is 0 Å². The number of hydrogen-bond acceptors (Lipinski definition) is 11. The number of nitrogens with zero attached hydrogens (tertiary/aromatic N) is 1. The van der Waals surface area contributed by atoms with Gasteiger partial charge in [0.2, 0.25) is 59.1 Å². The van der Waals surface area contributed by atoms with Crippen molar-refractivity contribution in [3.05, 3.63) is 54.1 Å². The fourth-order valence-electron chi connectivity index (χ4n) is 5.37. The molecule has 1 aliphatic rings. The first-order chi connectivity index (χ1) is 27.2. The van der Waals surface area contributed by atoms with E-state index in [1.54, 1.807) is 30.3 Å². The van der Waals surface area contributed by atoms with Gasteiger partial charge in [-0.25, -0.2) is 4.98 Å². The van der Waals surface area contributed by atoms with Crippen LogP contribution >= 0.6 is 0 Å². The zero-order valence-corrected chi connectivity index (χ0v) is 31.2. The van der Waals surface area contributed by atoms with Crippen molar-refractivity contribution in [1.29, 1.82) is 0 Å². The van der Waals surface area contributed by atoms with Crippen molar-refractivity contribution < 1.29 is 47.9 Å². The highest BCUT2D eigenvalue weighted by Gasteiger charge is 2.31. The molecule has 10 amide bonds. The molecular formula is C35H48N12O10. The van der Waals surface area contributed by atoms with Crippen LogP contribution in [0.3, 0.4) is 0 Å². The summed E-state index contributed by atoms with van der Waals surface area (Å²) in [7, 11) is 0. The van der Waals surface area contributed by atoms with E-state index in [9.17, 15) is 47.9 Å². The molecule has 0 bridgehead atoms. The second-order valence-electron chi connectivity index (χ2n) is 12.9. The summed E-state index contributed by atoms with van der Waals surface area (Å²) < 4.78 is 0. The highest BCUT2D eigenvalue weighted by atomic mass is 16.2. The first-order valence-electron chi connectivity index (χ1n) is 18.0. The molecule has 1 aromatic carbocycles. The van der Waals surface area contributed by atoms with Gasteiger partial charge in [0.05, 0.1) is 26.0 Å². The third kappa shape index (κ3) is 17.0. The number of amides is 10. The fourth-order valence-corrected chi connectivity index (χ4v) is 5.37. The molecule has 0 radical (unpaired) electrons. The normalized spacial score (nSPS) is 20.9. The van der Waals surface area contributed by atoms with Gasteiger partial charge in [-0.15, -0.1) is 0 Å². The number of nitrogens with one attached hydrogen (secondary N) is 10. The molecule has 12 N–H and O–H groups in total. The lowest BCUT2D eigenvalue weighted by Crippen LogP contribution is -2.59. The number of carbonyl (C=O) groups is 10. The van der Waals surface area contributed by atoms with Gasteiger partial charge in [-0.05, 0) is 18.4 Å². The lowest BCUT2D eigenvalue weighted by atomic mass is 10.0. The second-order valence-corrected chi connectivity index (χ2v) is 12.9. The number of aromatic amines is 1. The van der Waals surface area contributed by atoms with Crippen molar-refractivity contribution in [1.82, 2.24) is 57.8 Å². The van der Waals surface area contributed by atoms with Gasteiger partial charge in [0.15, 0.2) is 0 Å². The molecule has 0 unspecified atom stereocenters. The summed E-state index contributed by atoms with van der Waals surface area (Å²) in [4.78, 5) is 134. The molecule has 0 spiro atoms. The van der Waals surface area contributed by atoms with E-state index in [0.717, 1.165) is 0 Å². The van der Waals surface area contributed by atoms with Crippen LogP contribution in [0, 0.1) is 0 Å². The molecule has 0 saturated carbocycles. The maximum Gasteiger partial charge on any atom is 0.243 e. The number of H-pyrrole nitrogens is 1. The summed E-state index contributed by atoms with van der Waals surface area (Å²) in [5.74, 6) is -7.30. The van der Waals surface area contributed by atoms with E-state index in [1.165, 1.54) is 19.4 Å². The fraction of sp³-hybridized carbons (Fsp3) is 0.457. The van der Waals surface area contributed by atoms with Crippen molar-refractivity contribution in [3.8, 4) is 0 Å². The molecule has 1 fully saturated rings. The summed E-state index contributed by atoms with van der Waals surface area (Å²) in [6.45, 7) is -0.750. The molecule has 2 aromatic rings. The Kier molecular flexibility index (Phi) is 18.1. The molecule has 57 heavy (non-hydrogen) atoms. The van der Waals surface area contributed by atoms with Gasteiger partial charge < -0.3 is 58.6 Å². The minimum atomic E-state index is -1.36. The van der Waals surface area contributed by atoms with Gasteiger partial charge >= 0.3 is 0 Å². The molecule has 2 heterocycles. The van der Waals surface area contributed by atoms with Crippen LogP contribution in [0.5, 0.6) is 0 Å². The number of primary amides is 1. The van der Waals surface area contributed by atoms with Crippen molar-refractivity contribution in [3.63, 3.8) is 0 Å². The van der Waals surface area contributed by atoms with Crippen molar-refractivity contribution >= 4 is 59.1 Å². The third-order valence-corrected chi connectivity index (χ3v) is 8.28. The SMILES string of the molecule is CC(=O)NCC(=O)N[C@H]1CCNC(=O)CCC(=O)NCC[C@@H](C(=O)NCC(N)=O)NC(=O)CNC(=O)[C@@H](Cc2ccccc2)NC(=O)[C@H](Cc2cnc[nH]2)NC1=O. The highest BCUT2D eigenvalue weighted by Crippen LogP contribution is 2.07. The zero-order valence-electron chi connectivity index (χ0n) is 31.2. The number of imidazole rings is 1. The molecule has 4 atom stereocenters. The van der Waals surface area contributed by atoms with Gasteiger partial charge in [-0.2, -0.15) is 0 Å². The van der Waals surface area contributed by atoms with Crippen LogP contribution in [0.25, 0.3) is 0 Å². The van der Waals surface area contributed by atoms with Crippen LogP contribution in [0.1, 0.15) is 43.9 Å². The van der Waals surface area contributed by atoms with E-state index < -0.39 is 103 Å². The van der Waals surface area contributed by atoms with Crippen LogP contribution in [0.4, 0.5) is 0 Å². The predicted octanol–water partition coefficient (Wildman–Crippen LogP) is -5.21. The van der Waals surface area contributed by atoms with E-state index in [-0.39, 0.29) is 51.6 Å².